The third kappa shape index (κ3) is 2.76. The van der Waals surface area contributed by atoms with E-state index in [9.17, 15) is 9.59 Å². The molecule has 0 unspecified atom stereocenters. The lowest BCUT2D eigenvalue weighted by Crippen LogP contribution is -2.12. The summed E-state index contributed by atoms with van der Waals surface area (Å²) in [5, 5.41) is 9.90. The van der Waals surface area contributed by atoms with Gasteiger partial charge in [0.15, 0.2) is 5.69 Å². The van der Waals surface area contributed by atoms with Crippen molar-refractivity contribution < 1.29 is 14.3 Å². The number of aromatic nitrogens is 3. The number of nitrogens with zero attached hydrogens (tertiary/aromatic N) is 2. The average Bonchev–Trinajstić information content (AvgIpc) is 2.89. The molecule has 98 valence electrons. The van der Waals surface area contributed by atoms with E-state index in [1.54, 1.807) is 31.2 Å². The van der Waals surface area contributed by atoms with Crippen LogP contribution >= 0.6 is 0 Å². The smallest absolute Gasteiger partial charge is 0.310 e. The van der Waals surface area contributed by atoms with Crippen LogP contribution < -0.4 is 10.5 Å². The van der Waals surface area contributed by atoms with Crippen LogP contribution in [-0.4, -0.2) is 27.3 Å². The van der Waals surface area contributed by atoms with Crippen LogP contribution in [0.5, 0.6) is 5.75 Å². The molecule has 1 amide bonds. The van der Waals surface area contributed by atoms with Crippen LogP contribution in [0.2, 0.25) is 0 Å². The number of esters is 1. The number of carbonyl (C=O) groups excluding carboxylic acids is 2. The topological polar surface area (TPSA) is 111 Å². The minimum atomic E-state index is -0.662. The van der Waals surface area contributed by atoms with Gasteiger partial charge in [0.2, 0.25) is 0 Å². The van der Waals surface area contributed by atoms with Crippen molar-refractivity contribution in [1.29, 1.82) is 0 Å². The van der Waals surface area contributed by atoms with Crippen molar-refractivity contribution in [3.8, 4) is 17.0 Å². The first-order chi connectivity index (χ1) is 9.11. The van der Waals surface area contributed by atoms with Gasteiger partial charge in [-0.15, -0.1) is 0 Å². The van der Waals surface area contributed by atoms with Gasteiger partial charge >= 0.3 is 5.97 Å². The van der Waals surface area contributed by atoms with E-state index in [0.29, 0.717) is 23.4 Å². The van der Waals surface area contributed by atoms with Crippen LogP contribution in [0.15, 0.2) is 24.3 Å². The molecule has 0 aliphatic carbocycles. The second kappa shape index (κ2) is 5.30. The lowest BCUT2D eigenvalue weighted by molar-refractivity contribution is -0.134. The molecule has 0 saturated heterocycles. The molecule has 0 radical (unpaired) electrons. The van der Waals surface area contributed by atoms with Crippen LogP contribution in [0.4, 0.5) is 0 Å². The van der Waals surface area contributed by atoms with Crippen LogP contribution in [0, 0.1) is 0 Å². The van der Waals surface area contributed by atoms with E-state index in [1.165, 1.54) is 0 Å². The van der Waals surface area contributed by atoms with E-state index in [2.05, 4.69) is 15.4 Å². The van der Waals surface area contributed by atoms with Crippen molar-refractivity contribution in [2.24, 2.45) is 5.73 Å². The molecular formula is C12H12N4O3. The summed E-state index contributed by atoms with van der Waals surface area (Å²) in [7, 11) is 0. The fourth-order valence-electron chi connectivity index (χ4n) is 1.49. The summed E-state index contributed by atoms with van der Waals surface area (Å²) in [6.07, 6.45) is 0.302. The zero-order valence-corrected chi connectivity index (χ0v) is 10.2. The van der Waals surface area contributed by atoms with Gasteiger partial charge < -0.3 is 10.5 Å². The third-order valence-electron chi connectivity index (χ3n) is 2.43. The molecule has 7 heteroatoms. The summed E-state index contributed by atoms with van der Waals surface area (Å²) in [4.78, 5) is 22.3. The fourth-order valence-corrected chi connectivity index (χ4v) is 1.49. The Morgan fingerprint density at radius 3 is 2.53 bits per heavy atom. The lowest BCUT2D eigenvalue weighted by atomic mass is 10.1. The Balaban J connectivity index is 2.25. The summed E-state index contributed by atoms with van der Waals surface area (Å²) >= 11 is 0. The van der Waals surface area contributed by atoms with Gasteiger partial charge in [0.25, 0.3) is 5.91 Å². The first-order valence-corrected chi connectivity index (χ1v) is 5.63. The van der Waals surface area contributed by atoms with Crippen molar-refractivity contribution >= 4 is 11.9 Å². The van der Waals surface area contributed by atoms with Gasteiger partial charge in [-0.1, -0.05) is 6.92 Å². The third-order valence-corrected chi connectivity index (χ3v) is 2.43. The summed E-state index contributed by atoms with van der Waals surface area (Å²) in [5.74, 6) is -0.544. The first kappa shape index (κ1) is 12.7. The molecule has 1 aromatic heterocycles. The summed E-state index contributed by atoms with van der Waals surface area (Å²) in [6, 6.07) is 6.57. The number of hydrogen-bond donors (Lipinski definition) is 2. The number of primary amides is 1. The van der Waals surface area contributed by atoms with Gasteiger partial charge in [0.05, 0.1) is 0 Å². The normalized spacial score (nSPS) is 10.2. The summed E-state index contributed by atoms with van der Waals surface area (Å²) in [5.41, 5.74) is 6.26. The maximum Gasteiger partial charge on any atom is 0.310 e. The van der Waals surface area contributed by atoms with Crippen molar-refractivity contribution in [2.75, 3.05) is 0 Å². The van der Waals surface area contributed by atoms with Crippen LogP contribution in [0.25, 0.3) is 11.3 Å². The molecule has 0 aliphatic heterocycles. The Bertz CT molecular complexity index is 604. The number of benzene rings is 1. The van der Waals surface area contributed by atoms with E-state index in [0.717, 1.165) is 0 Å². The number of nitrogens with two attached hydrogens (primary N) is 1. The van der Waals surface area contributed by atoms with Gasteiger partial charge in [-0.05, 0) is 24.3 Å². The number of H-pyrrole nitrogens is 1. The fraction of sp³-hybridized carbons (Fsp3) is 0.167. The number of rotatable bonds is 4. The van der Waals surface area contributed by atoms with Gasteiger partial charge in [-0.2, -0.15) is 15.4 Å². The maximum absolute atomic E-state index is 11.1. The van der Waals surface area contributed by atoms with Gasteiger partial charge in [0.1, 0.15) is 11.4 Å². The highest BCUT2D eigenvalue weighted by molar-refractivity contribution is 5.96. The van der Waals surface area contributed by atoms with Crippen molar-refractivity contribution in [1.82, 2.24) is 15.4 Å². The van der Waals surface area contributed by atoms with E-state index >= 15 is 0 Å². The van der Waals surface area contributed by atoms with Gasteiger partial charge in [-0.25, -0.2) is 0 Å². The van der Waals surface area contributed by atoms with Crippen molar-refractivity contribution in [3.63, 3.8) is 0 Å². The van der Waals surface area contributed by atoms with Crippen molar-refractivity contribution in [2.45, 2.75) is 13.3 Å². The molecule has 1 heterocycles. The maximum atomic E-state index is 11.1. The van der Waals surface area contributed by atoms with Crippen LogP contribution in [-0.2, 0) is 4.79 Å². The number of carbonyl (C=O) groups is 2. The Morgan fingerprint density at radius 2 is 1.95 bits per heavy atom. The number of amides is 1. The van der Waals surface area contributed by atoms with E-state index in [1.807, 2.05) is 0 Å². The molecule has 7 nitrogen and oxygen atoms in total. The molecule has 0 atom stereocenters. The van der Waals surface area contributed by atoms with Gasteiger partial charge in [0, 0.05) is 12.0 Å². The molecule has 0 aliphatic rings. The van der Waals surface area contributed by atoms with E-state index < -0.39 is 5.91 Å². The van der Waals surface area contributed by atoms with Crippen LogP contribution in [0.1, 0.15) is 23.8 Å². The molecule has 0 bridgehead atoms. The zero-order chi connectivity index (χ0) is 13.8. The van der Waals surface area contributed by atoms with Crippen molar-refractivity contribution in [3.05, 3.63) is 30.0 Å². The van der Waals surface area contributed by atoms with Gasteiger partial charge in [-0.3, -0.25) is 9.59 Å². The molecule has 2 rings (SSSR count). The summed E-state index contributed by atoms with van der Waals surface area (Å²) < 4.78 is 5.04. The standard InChI is InChI=1S/C12H12N4O3/c1-2-9(17)19-8-5-3-7(4-6-8)10-11(12(13)18)15-16-14-10/h3-6H,2H2,1H3,(H2,13,18)(H,14,15,16). The number of ether oxygens (including phenoxy) is 1. The Kier molecular flexibility index (Phi) is 3.56. The first-order valence-electron chi connectivity index (χ1n) is 5.63. The molecular weight excluding hydrogens is 248 g/mol. The largest absolute Gasteiger partial charge is 0.427 e. The molecule has 0 saturated carbocycles. The monoisotopic (exact) mass is 260 g/mol. The highest BCUT2D eigenvalue weighted by Gasteiger charge is 2.15. The summed E-state index contributed by atoms with van der Waals surface area (Å²) in [6.45, 7) is 1.71. The molecule has 3 N–H and O–H groups in total. The predicted molar refractivity (Wildman–Crippen MR) is 66.3 cm³/mol. The quantitative estimate of drug-likeness (QED) is 0.626. The molecule has 0 spiro atoms. The second-order valence-electron chi connectivity index (χ2n) is 3.74. The molecule has 2 aromatic rings. The highest BCUT2D eigenvalue weighted by Crippen LogP contribution is 2.22. The Labute approximate surface area is 108 Å². The molecule has 0 fully saturated rings. The number of nitrogens with one attached hydrogen (secondary N) is 1. The average molecular weight is 260 g/mol. The van der Waals surface area contributed by atoms with E-state index in [4.69, 9.17) is 10.5 Å². The zero-order valence-electron chi connectivity index (χ0n) is 10.2. The molecule has 1 aromatic carbocycles. The number of hydrogen-bond acceptors (Lipinski definition) is 5. The minimum Gasteiger partial charge on any atom is -0.427 e. The Hall–Kier alpha value is -2.70. The predicted octanol–water partition coefficient (Wildman–Crippen LogP) is 0.886. The van der Waals surface area contributed by atoms with Crippen LogP contribution in [0.3, 0.4) is 0 Å². The second-order valence-corrected chi connectivity index (χ2v) is 3.74. The molecule has 19 heavy (non-hydrogen) atoms. The number of aromatic amines is 1. The highest BCUT2D eigenvalue weighted by atomic mass is 16.5. The lowest BCUT2D eigenvalue weighted by Gasteiger charge is -2.03. The van der Waals surface area contributed by atoms with E-state index in [-0.39, 0.29) is 11.7 Å². The Morgan fingerprint density at radius 1 is 1.26 bits per heavy atom. The SMILES string of the molecule is CCC(=O)Oc1ccc(-c2n[nH]nc2C(N)=O)cc1. The minimum absolute atomic E-state index is 0.0679.